The number of fused-ring (bicyclic) bond motifs is 1. The van der Waals surface area contributed by atoms with E-state index in [9.17, 15) is 4.48 Å². The molecule has 1 aromatic heterocycles. The Morgan fingerprint density at radius 1 is 1.14 bits per heavy atom. The number of nitrogens with zero attached hydrogens (tertiary/aromatic N) is 2. The zero-order chi connectivity index (χ0) is 14.7. The first kappa shape index (κ1) is 15.6. The highest BCUT2D eigenvalue weighted by molar-refractivity contribution is 6.08. The fourth-order valence-corrected chi connectivity index (χ4v) is 2.11. The van der Waals surface area contributed by atoms with Gasteiger partial charge in [0.25, 0.3) is 0 Å². The van der Waals surface area contributed by atoms with Crippen molar-refractivity contribution in [3.63, 3.8) is 0 Å². The lowest BCUT2D eigenvalue weighted by Crippen LogP contribution is -1.95. The number of benzene rings is 2. The molecule has 0 bridgehead atoms. The van der Waals surface area contributed by atoms with Crippen molar-refractivity contribution >= 4 is 16.8 Å². The molecule has 3 aromatic rings. The van der Waals surface area contributed by atoms with Crippen LogP contribution < -0.4 is 0 Å². The summed E-state index contributed by atoms with van der Waals surface area (Å²) in [5.74, 6) is 0.549. The normalized spacial score (nSPS) is 11.8. The molecule has 0 aliphatic rings. The van der Waals surface area contributed by atoms with Gasteiger partial charge in [0, 0.05) is 11.1 Å². The van der Waals surface area contributed by atoms with Crippen molar-refractivity contribution in [3.8, 4) is 11.5 Å². The third kappa shape index (κ3) is 2.96. The molecule has 3 rings (SSSR count). The van der Waals surface area contributed by atoms with Gasteiger partial charge in [-0.15, -0.1) is 0 Å². The van der Waals surface area contributed by atoms with E-state index < -0.39 is 0 Å². The lowest BCUT2D eigenvalue weighted by Gasteiger charge is -2.00. The maximum Gasteiger partial charge on any atom is 0.227 e. The van der Waals surface area contributed by atoms with Gasteiger partial charge in [0.05, 0.1) is 0 Å². The second kappa shape index (κ2) is 6.80. The average Bonchev–Trinajstić information content (AvgIpc) is 2.97. The van der Waals surface area contributed by atoms with Gasteiger partial charge in [0.1, 0.15) is 11.2 Å². The van der Waals surface area contributed by atoms with Gasteiger partial charge in [0.2, 0.25) is 5.89 Å². The lowest BCUT2D eigenvalue weighted by atomic mass is 10.1. The molecule has 4 heteroatoms. The monoisotopic (exact) mass is 296 g/mol. The molecule has 0 amide bonds. The third-order valence-electron chi connectivity index (χ3n) is 3.14. The molecule has 0 saturated carbocycles. The number of allylic oxidation sites excluding steroid dienone is 2. The van der Waals surface area contributed by atoms with Crippen LogP contribution in [0.3, 0.4) is 0 Å². The molecule has 0 fully saturated rings. The summed E-state index contributed by atoms with van der Waals surface area (Å²) < 4.78 is 18.3. The van der Waals surface area contributed by atoms with Gasteiger partial charge in [-0.25, -0.2) is 4.98 Å². The molecule has 0 aliphatic carbocycles. The first-order valence-corrected chi connectivity index (χ1v) is 6.60. The first-order valence-electron chi connectivity index (χ1n) is 6.60. The van der Waals surface area contributed by atoms with Crippen LogP contribution in [0.5, 0.6) is 0 Å². The molecule has 0 atom stereocenters. The smallest absolute Gasteiger partial charge is 0.227 e. The van der Waals surface area contributed by atoms with E-state index in [0.29, 0.717) is 17.2 Å². The molecule has 112 valence electrons. The minimum atomic E-state index is 0. The van der Waals surface area contributed by atoms with Gasteiger partial charge in [-0.2, -0.15) is 0 Å². The molecule has 0 N–H and O–H groups in total. The van der Waals surface area contributed by atoms with E-state index in [2.05, 4.69) is 10.2 Å². The molecule has 0 unspecified atom stereocenters. The van der Waals surface area contributed by atoms with Crippen molar-refractivity contribution < 1.29 is 8.90 Å². The molecule has 2 aromatic carbocycles. The topological polar surface area (TPSA) is 38.4 Å². The minimum absolute atomic E-state index is 0. The van der Waals surface area contributed by atoms with Crippen LogP contribution in [0.4, 0.5) is 4.48 Å². The van der Waals surface area contributed by atoms with Gasteiger partial charge in [-0.3, -0.25) is 0 Å². The number of halogens is 1. The van der Waals surface area contributed by atoms with Crippen LogP contribution in [0.1, 0.15) is 19.9 Å². The van der Waals surface area contributed by atoms with Crippen LogP contribution >= 0.6 is 0 Å². The van der Waals surface area contributed by atoms with E-state index >= 15 is 0 Å². The quantitative estimate of drug-likeness (QED) is 0.608. The second-order valence-electron chi connectivity index (χ2n) is 4.53. The van der Waals surface area contributed by atoms with Gasteiger partial charge >= 0.3 is 0 Å². The predicted molar refractivity (Wildman–Crippen MR) is 88.6 cm³/mol. The van der Waals surface area contributed by atoms with Crippen molar-refractivity contribution in [2.75, 3.05) is 0 Å². The number of hydrogen-bond donors (Lipinski definition) is 0. The van der Waals surface area contributed by atoms with Gasteiger partial charge < -0.3 is 4.42 Å². The molecule has 1 heterocycles. The third-order valence-corrected chi connectivity index (χ3v) is 3.14. The lowest BCUT2D eigenvalue weighted by molar-refractivity contribution is 0.538. The van der Waals surface area contributed by atoms with Gasteiger partial charge in [-0.1, -0.05) is 47.5 Å². The van der Waals surface area contributed by atoms with Crippen molar-refractivity contribution in [1.29, 1.82) is 0 Å². The van der Waals surface area contributed by atoms with Crippen molar-refractivity contribution in [2.24, 2.45) is 5.21 Å². The van der Waals surface area contributed by atoms with Gasteiger partial charge in [-0.05, 0) is 37.3 Å². The van der Waals surface area contributed by atoms with E-state index in [4.69, 9.17) is 4.42 Å². The molecular formula is C18H17FN2O. The summed E-state index contributed by atoms with van der Waals surface area (Å²) in [6.07, 6.45) is 3.36. The zero-order valence-corrected chi connectivity index (χ0v) is 11.5. The predicted octanol–water partition coefficient (Wildman–Crippen LogP) is 5.38. The van der Waals surface area contributed by atoms with Crippen molar-refractivity contribution in [3.05, 3.63) is 66.2 Å². The van der Waals surface area contributed by atoms with Crippen LogP contribution in [0.2, 0.25) is 0 Å². The minimum Gasteiger partial charge on any atom is -0.436 e. The number of oxazole rings is 1. The van der Waals surface area contributed by atoms with Crippen molar-refractivity contribution in [2.45, 2.75) is 14.4 Å². The largest absolute Gasteiger partial charge is 0.436 e. The fraction of sp³-hybridized carbons (Fsp3) is 0.111. The highest BCUT2D eigenvalue weighted by atomic mass is 19.2. The summed E-state index contributed by atoms with van der Waals surface area (Å²) in [4.78, 5) is 4.43. The van der Waals surface area contributed by atoms with Crippen LogP contribution in [0.25, 0.3) is 22.6 Å². The molecule has 0 radical (unpaired) electrons. The Labute approximate surface area is 128 Å². The Bertz CT molecular complexity index is 783. The second-order valence-corrected chi connectivity index (χ2v) is 4.53. The zero-order valence-electron chi connectivity index (χ0n) is 11.5. The Kier molecular flexibility index (Phi) is 4.84. The highest BCUT2D eigenvalue weighted by Crippen LogP contribution is 2.24. The molecule has 0 spiro atoms. The van der Waals surface area contributed by atoms with E-state index in [0.717, 1.165) is 16.7 Å². The SMILES string of the molecule is C.C/C=C\C(=N/F)c1ccc(-c2nc3ccccc3o2)cc1. The molecule has 22 heavy (non-hydrogen) atoms. The first-order chi connectivity index (χ1) is 10.3. The van der Waals surface area contributed by atoms with Gasteiger partial charge in [0.15, 0.2) is 5.58 Å². The molecule has 0 aliphatic heterocycles. The van der Waals surface area contributed by atoms with E-state index in [1.807, 2.05) is 43.3 Å². The van der Waals surface area contributed by atoms with Crippen molar-refractivity contribution in [1.82, 2.24) is 4.98 Å². The van der Waals surface area contributed by atoms with Crippen LogP contribution in [0, 0.1) is 0 Å². The Balaban J connectivity index is 0.00000176. The number of rotatable bonds is 3. The highest BCUT2D eigenvalue weighted by Gasteiger charge is 2.08. The summed E-state index contributed by atoms with van der Waals surface area (Å²) in [5, 5.41) is 2.78. The molecule has 0 saturated heterocycles. The summed E-state index contributed by atoms with van der Waals surface area (Å²) in [6, 6.07) is 14.9. The Morgan fingerprint density at radius 3 is 2.50 bits per heavy atom. The number of para-hydroxylation sites is 2. The Hall–Kier alpha value is -2.75. The van der Waals surface area contributed by atoms with E-state index in [-0.39, 0.29) is 7.43 Å². The average molecular weight is 296 g/mol. The molecular weight excluding hydrogens is 279 g/mol. The van der Waals surface area contributed by atoms with E-state index in [1.165, 1.54) is 0 Å². The summed E-state index contributed by atoms with van der Waals surface area (Å²) in [6.45, 7) is 1.82. The fourth-order valence-electron chi connectivity index (χ4n) is 2.11. The number of hydrogen-bond acceptors (Lipinski definition) is 3. The standard InChI is InChI=1S/C17H13FN2O.CH4/c1-2-5-14(20-18)12-8-10-13(11-9-12)17-19-15-6-3-4-7-16(15)21-17;/h2-11H,1H3;1H4/b5-2-,20-14+;. The summed E-state index contributed by atoms with van der Waals surface area (Å²) >= 11 is 0. The van der Waals surface area contributed by atoms with Crippen LogP contribution in [0.15, 0.2) is 70.3 Å². The number of aromatic nitrogens is 1. The summed E-state index contributed by atoms with van der Waals surface area (Å²) in [7, 11) is 0. The Morgan fingerprint density at radius 2 is 1.86 bits per heavy atom. The van der Waals surface area contributed by atoms with E-state index in [1.54, 1.807) is 24.3 Å². The maximum absolute atomic E-state index is 12.6. The van der Waals surface area contributed by atoms with Crippen LogP contribution in [-0.2, 0) is 0 Å². The maximum atomic E-state index is 12.6. The van der Waals surface area contributed by atoms with Crippen LogP contribution in [-0.4, -0.2) is 10.7 Å². The summed E-state index contributed by atoms with van der Waals surface area (Å²) in [5.41, 5.74) is 3.40. The molecule has 3 nitrogen and oxygen atoms in total.